The maximum atomic E-state index is 13.9. The van der Waals surface area contributed by atoms with Crippen molar-refractivity contribution in [2.75, 3.05) is 11.9 Å². The normalized spacial score (nSPS) is 21.7. The number of pyridine rings is 1. The van der Waals surface area contributed by atoms with Gasteiger partial charge in [0.25, 0.3) is 11.8 Å². The molecular weight excluding hydrogens is 481 g/mol. The van der Waals surface area contributed by atoms with Gasteiger partial charge < -0.3 is 20.3 Å². The second-order valence-corrected chi connectivity index (χ2v) is 8.75. The average Bonchev–Trinajstić information content (AvgIpc) is 3.11. The summed E-state index contributed by atoms with van der Waals surface area (Å²) in [6.07, 6.45) is 1.72. The van der Waals surface area contributed by atoms with E-state index < -0.39 is 35.9 Å². The third kappa shape index (κ3) is 4.69. The number of anilines is 1. The van der Waals surface area contributed by atoms with Gasteiger partial charge in [-0.3, -0.25) is 14.4 Å². The minimum atomic E-state index is -2.66. The zero-order valence-electron chi connectivity index (χ0n) is 19.5. The zero-order valence-corrected chi connectivity index (χ0v) is 20.2. The molecule has 0 spiro atoms. The monoisotopic (exact) mass is 505 g/mol. The summed E-state index contributed by atoms with van der Waals surface area (Å²) >= 11 is 5.89. The molecule has 1 fully saturated rings. The lowest BCUT2D eigenvalue weighted by Crippen LogP contribution is -2.70. The standard InChI is InChI=1S/C22H25ClFN7O4/c1-11-18(20-27-8-15(24)9-28-20)19(29-30(11)4)21(32)31-16(12(2)35-13(3)22(31,33)34)10-26-17-6-5-14(23)7-25-17/h5-9,12-13,16,33-34H,10H2,1-4H3,(H,25,26). The highest BCUT2D eigenvalue weighted by molar-refractivity contribution is 6.30. The van der Waals surface area contributed by atoms with Crippen LogP contribution in [0.4, 0.5) is 10.2 Å². The molecule has 13 heteroatoms. The highest BCUT2D eigenvalue weighted by Gasteiger charge is 2.53. The summed E-state index contributed by atoms with van der Waals surface area (Å²) in [4.78, 5) is 27.0. The third-order valence-electron chi connectivity index (χ3n) is 6.01. The molecule has 186 valence electrons. The van der Waals surface area contributed by atoms with Crippen molar-refractivity contribution in [2.24, 2.45) is 7.05 Å². The van der Waals surface area contributed by atoms with Crippen LogP contribution in [0, 0.1) is 12.7 Å². The highest BCUT2D eigenvalue weighted by Crippen LogP contribution is 2.33. The SMILES string of the molecule is Cc1c(-c2ncc(F)cn2)c(C(=O)N2C(CNc3ccc(Cl)cn3)C(C)OC(C)C2(O)O)nn1C. The predicted molar refractivity (Wildman–Crippen MR) is 124 cm³/mol. The van der Waals surface area contributed by atoms with E-state index in [4.69, 9.17) is 16.3 Å². The van der Waals surface area contributed by atoms with E-state index in [1.807, 2.05) is 0 Å². The molecule has 3 aromatic rings. The summed E-state index contributed by atoms with van der Waals surface area (Å²) < 4.78 is 20.6. The number of amides is 1. The Labute approximate surface area is 205 Å². The topological polar surface area (TPSA) is 139 Å². The summed E-state index contributed by atoms with van der Waals surface area (Å²) in [7, 11) is 1.63. The Morgan fingerprint density at radius 2 is 1.91 bits per heavy atom. The molecule has 3 N–H and O–H groups in total. The fraction of sp³-hybridized carbons (Fsp3) is 0.409. The summed E-state index contributed by atoms with van der Waals surface area (Å²) in [6.45, 7) is 4.95. The van der Waals surface area contributed by atoms with Crippen LogP contribution in [0.15, 0.2) is 30.7 Å². The molecule has 1 aliphatic heterocycles. The average molecular weight is 506 g/mol. The van der Waals surface area contributed by atoms with Crippen LogP contribution in [0.5, 0.6) is 0 Å². The van der Waals surface area contributed by atoms with Gasteiger partial charge in [0.05, 0.1) is 35.1 Å². The molecule has 35 heavy (non-hydrogen) atoms. The Balaban J connectivity index is 1.74. The van der Waals surface area contributed by atoms with Crippen LogP contribution >= 0.6 is 11.6 Å². The van der Waals surface area contributed by atoms with Crippen LogP contribution in [0.1, 0.15) is 30.0 Å². The van der Waals surface area contributed by atoms with Crippen molar-refractivity contribution >= 4 is 23.3 Å². The molecule has 4 heterocycles. The summed E-state index contributed by atoms with van der Waals surface area (Å²) in [5.41, 5.74) is 0.682. The molecule has 3 aromatic heterocycles. The molecule has 0 aromatic carbocycles. The van der Waals surface area contributed by atoms with Crippen molar-refractivity contribution in [1.29, 1.82) is 0 Å². The molecular formula is C22H25ClFN7O4. The van der Waals surface area contributed by atoms with Crippen LogP contribution in [0.3, 0.4) is 0 Å². The minimum Gasteiger partial charge on any atom is -0.368 e. The molecule has 11 nitrogen and oxygen atoms in total. The number of halogens is 2. The van der Waals surface area contributed by atoms with E-state index >= 15 is 0 Å². The van der Waals surface area contributed by atoms with E-state index in [1.165, 1.54) is 17.8 Å². The molecule has 3 unspecified atom stereocenters. The highest BCUT2D eigenvalue weighted by atomic mass is 35.5. The molecule has 3 atom stereocenters. The molecule has 0 aliphatic carbocycles. The van der Waals surface area contributed by atoms with Crippen LogP contribution in [0.25, 0.3) is 11.4 Å². The van der Waals surface area contributed by atoms with Crippen LogP contribution < -0.4 is 5.32 Å². The van der Waals surface area contributed by atoms with Gasteiger partial charge in [-0.1, -0.05) is 11.6 Å². The summed E-state index contributed by atoms with van der Waals surface area (Å²) in [6, 6.07) is 2.47. The van der Waals surface area contributed by atoms with Crippen LogP contribution in [-0.4, -0.2) is 76.5 Å². The van der Waals surface area contributed by atoms with Gasteiger partial charge in [-0.25, -0.2) is 19.3 Å². The van der Waals surface area contributed by atoms with Crippen molar-refractivity contribution in [2.45, 2.75) is 44.9 Å². The number of morpholine rings is 1. The van der Waals surface area contributed by atoms with Gasteiger partial charge in [-0.15, -0.1) is 0 Å². The van der Waals surface area contributed by atoms with Crippen molar-refractivity contribution < 1.29 is 24.1 Å². The predicted octanol–water partition coefficient (Wildman–Crippen LogP) is 1.74. The molecule has 1 saturated heterocycles. The Hall–Kier alpha value is -3.19. The molecule has 0 saturated carbocycles. The van der Waals surface area contributed by atoms with Gasteiger partial charge in [0.15, 0.2) is 17.3 Å². The van der Waals surface area contributed by atoms with Crippen LogP contribution in [-0.2, 0) is 11.8 Å². The lowest BCUT2D eigenvalue weighted by molar-refractivity contribution is -0.347. The number of aromatic nitrogens is 5. The maximum Gasteiger partial charge on any atom is 0.279 e. The molecule has 1 aliphatic rings. The zero-order chi connectivity index (χ0) is 25.5. The van der Waals surface area contributed by atoms with Gasteiger partial charge in [0, 0.05) is 25.5 Å². The van der Waals surface area contributed by atoms with Gasteiger partial charge in [0.2, 0.25) is 0 Å². The van der Waals surface area contributed by atoms with Gasteiger partial charge in [0.1, 0.15) is 11.9 Å². The molecule has 4 rings (SSSR count). The van der Waals surface area contributed by atoms with Gasteiger partial charge in [-0.05, 0) is 32.9 Å². The van der Waals surface area contributed by atoms with Crippen molar-refractivity contribution in [1.82, 2.24) is 29.6 Å². The number of aryl methyl sites for hydroxylation is 1. The number of ether oxygens (including phenoxy) is 1. The number of nitrogens with zero attached hydrogens (tertiary/aromatic N) is 6. The first kappa shape index (κ1) is 24.9. The minimum absolute atomic E-state index is 0.0747. The van der Waals surface area contributed by atoms with E-state index in [9.17, 15) is 19.4 Å². The summed E-state index contributed by atoms with van der Waals surface area (Å²) in [5.74, 6) is -3.51. The smallest absolute Gasteiger partial charge is 0.279 e. The first-order chi connectivity index (χ1) is 16.5. The Morgan fingerprint density at radius 1 is 1.23 bits per heavy atom. The first-order valence-corrected chi connectivity index (χ1v) is 11.2. The second-order valence-electron chi connectivity index (χ2n) is 8.31. The van der Waals surface area contributed by atoms with E-state index in [-0.39, 0.29) is 23.6 Å². The number of nitrogens with one attached hydrogen (secondary N) is 1. The molecule has 0 radical (unpaired) electrons. The number of hydrogen-bond donors (Lipinski definition) is 3. The van der Waals surface area contributed by atoms with Crippen LogP contribution in [0.2, 0.25) is 5.02 Å². The lowest BCUT2D eigenvalue weighted by atomic mass is 10.0. The van der Waals surface area contributed by atoms with Crippen molar-refractivity contribution in [3.8, 4) is 11.4 Å². The maximum absolute atomic E-state index is 13.9. The fourth-order valence-electron chi connectivity index (χ4n) is 3.98. The number of aliphatic hydroxyl groups is 2. The number of carbonyl (C=O) groups excluding carboxylic acids is 1. The van der Waals surface area contributed by atoms with Crippen molar-refractivity contribution in [3.05, 3.63) is 53.0 Å². The second kappa shape index (κ2) is 9.46. The van der Waals surface area contributed by atoms with Gasteiger partial charge in [-0.2, -0.15) is 5.10 Å². The lowest BCUT2D eigenvalue weighted by Gasteiger charge is -2.50. The summed E-state index contributed by atoms with van der Waals surface area (Å²) in [5, 5.41) is 29.8. The Morgan fingerprint density at radius 3 is 2.54 bits per heavy atom. The molecule has 0 bridgehead atoms. The molecule has 1 amide bonds. The Kier molecular flexibility index (Phi) is 6.73. The largest absolute Gasteiger partial charge is 0.368 e. The van der Waals surface area contributed by atoms with Gasteiger partial charge >= 0.3 is 0 Å². The first-order valence-electron chi connectivity index (χ1n) is 10.8. The number of rotatable bonds is 5. The van der Waals surface area contributed by atoms with E-state index in [2.05, 4.69) is 25.4 Å². The number of carbonyl (C=O) groups is 1. The van der Waals surface area contributed by atoms with Crippen molar-refractivity contribution in [3.63, 3.8) is 0 Å². The fourth-order valence-corrected chi connectivity index (χ4v) is 4.09. The van der Waals surface area contributed by atoms with E-state index in [0.717, 1.165) is 17.3 Å². The third-order valence-corrected chi connectivity index (χ3v) is 6.23. The van der Waals surface area contributed by atoms with E-state index in [1.54, 1.807) is 33.0 Å². The quantitative estimate of drug-likeness (QED) is 0.442. The number of hydrogen-bond acceptors (Lipinski definition) is 9. The van der Waals surface area contributed by atoms with E-state index in [0.29, 0.717) is 16.5 Å². The Bertz CT molecular complexity index is 1220.